The molecule has 1 aliphatic rings. The van der Waals surface area contributed by atoms with Gasteiger partial charge in [-0.15, -0.1) is 0 Å². The summed E-state index contributed by atoms with van der Waals surface area (Å²) in [6.07, 6.45) is 1.97. The first-order valence-electron chi connectivity index (χ1n) is 9.52. The summed E-state index contributed by atoms with van der Waals surface area (Å²) < 4.78 is 0. The first kappa shape index (κ1) is 19.6. The van der Waals surface area contributed by atoms with Crippen molar-refractivity contribution in [3.8, 4) is 0 Å². The SMILES string of the molecule is CC(C)[C@H](NC(=O)c1ccccc1)C(=O)Nc1ccccc1C(=O)NC1CC1. The third-order valence-corrected chi connectivity index (χ3v) is 4.61. The summed E-state index contributed by atoms with van der Waals surface area (Å²) in [5.74, 6) is -0.993. The van der Waals surface area contributed by atoms with Gasteiger partial charge in [-0.25, -0.2) is 0 Å². The van der Waals surface area contributed by atoms with Gasteiger partial charge in [0, 0.05) is 11.6 Å². The number of benzene rings is 2. The summed E-state index contributed by atoms with van der Waals surface area (Å²) in [6, 6.07) is 15.2. The summed E-state index contributed by atoms with van der Waals surface area (Å²) in [6.45, 7) is 3.72. The van der Waals surface area contributed by atoms with Crippen LogP contribution in [0.15, 0.2) is 54.6 Å². The van der Waals surface area contributed by atoms with E-state index in [9.17, 15) is 14.4 Å². The van der Waals surface area contributed by atoms with Crippen molar-refractivity contribution in [2.75, 3.05) is 5.32 Å². The minimum absolute atomic E-state index is 0.125. The standard InChI is InChI=1S/C22H25N3O3/c1-14(2)19(25-20(26)15-8-4-3-5-9-15)22(28)24-18-11-7-6-10-17(18)21(27)23-16-12-13-16/h3-11,14,16,19H,12-13H2,1-2H3,(H,23,27)(H,24,28)(H,25,26)/t19-/m0/s1. The molecule has 0 radical (unpaired) electrons. The van der Waals surface area contributed by atoms with Crippen LogP contribution in [0.1, 0.15) is 47.4 Å². The summed E-state index contributed by atoms with van der Waals surface area (Å²) in [5, 5.41) is 8.53. The lowest BCUT2D eigenvalue weighted by Gasteiger charge is -2.22. The fourth-order valence-corrected chi connectivity index (χ4v) is 2.84. The fraction of sp³-hybridized carbons (Fsp3) is 0.318. The first-order valence-corrected chi connectivity index (χ1v) is 9.52. The second kappa shape index (κ2) is 8.69. The lowest BCUT2D eigenvalue weighted by molar-refractivity contribution is -0.118. The van der Waals surface area contributed by atoms with Gasteiger partial charge in [-0.1, -0.05) is 44.2 Å². The minimum Gasteiger partial charge on any atom is -0.349 e. The second-order valence-corrected chi connectivity index (χ2v) is 7.34. The van der Waals surface area contributed by atoms with Gasteiger partial charge in [-0.2, -0.15) is 0 Å². The smallest absolute Gasteiger partial charge is 0.253 e. The molecule has 6 nitrogen and oxygen atoms in total. The summed E-state index contributed by atoms with van der Waals surface area (Å²) >= 11 is 0. The molecule has 0 spiro atoms. The first-order chi connectivity index (χ1) is 13.5. The number of carbonyl (C=O) groups is 3. The summed E-state index contributed by atoms with van der Waals surface area (Å²) in [5.41, 5.74) is 1.34. The van der Waals surface area contributed by atoms with E-state index < -0.39 is 6.04 Å². The molecule has 3 amide bonds. The average molecular weight is 379 g/mol. The number of carbonyl (C=O) groups excluding carboxylic acids is 3. The number of rotatable bonds is 7. The average Bonchev–Trinajstić information content (AvgIpc) is 3.50. The molecule has 0 heterocycles. The molecule has 0 aliphatic heterocycles. The van der Waals surface area contributed by atoms with Gasteiger partial charge in [0.15, 0.2) is 0 Å². The molecule has 1 atom stereocenters. The number of para-hydroxylation sites is 1. The van der Waals surface area contributed by atoms with E-state index in [4.69, 9.17) is 0 Å². The molecule has 2 aromatic rings. The van der Waals surface area contributed by atoms with Crippen molar-refractivity contribution < 1.29 is 14.4 Å². The van der Waals surface area contributed by atoms with Gasteiger partial charge < -0.3 is 16.0 Å². The van der Waals surface area contributed by atoms with Gasteiger partial charge in [0.2, 0.25) is 5.91 Å². The minimum atomic E-state index is -0.729. The zero-order valence-electron chi connectivity index (χ0n) is 16.1. The van der Waals surface area contributed by atoms with Crippen LogP contribution in [0.4, 0.5) is 5.69 Å². The van der Waals surface area contributed by atoms with Crippen LogP contribution in [-0.4, -0.2) is 29.8 Å². The number of amides is 3. The molecular formula is C22H25N3O3. The monoisotopic (exact) mass is 379 g/mol. The molecule has 0 saturated heterocycles. The fourth-order valence-electron chi connectivity index (χ4n) is 2.84. The number of anilines is 1. The van der Waals surface area contributed by atoms with Crippen LogP contribution in [0.25, 0.3) is 0 Å². The molecule has 28 heavy (non-hydrogen) atoms. The predicted molar refractivity (Wildman–Crippen MR) is 108 cm³/mol. The van der Waals surface area contributed by atoms with Gasteiger partial charge in [0.05, 0.1) is 11.3 Å². The normalized spacial score (nSPS) is 14.2. The Kier molecular flexibility index (Phi) is 6.09. The van der Waals surface area contributed by atoms with Crippen molar-refractivity contribution in [2.45, 2.75) is 38.8 Å². The van der Waals surface area contributed by atoms with E-state index in [1.807, 2.05) is 19.9 Å². The van der Waals surface area contributed by atoms with E-state index in [2.05, 4.69) is 16.0 Å². The lowest BCUT2D eigenvalue weighted by atomic mass is 10.0. The van der Waals surface area contributed by atoms with E-state index in [0.717, 1.165) is 12.8 Å². The van der Waals surface area contributed by atoms with Crippen molar-refractivity contribution in [3.05, 3.63) is 65.7 Å². The highest BCUT2D eigenvalue weighted by molar-refractivity contribution is 6.06. The third kappa shape index (κ3) is 4.97. The molecule has 6 heteroatoms. The van der Waals surface area contributed by atoms with Crippen LogP contribution in [0.2, 0.25) is 0 Å². The maximum atomic E-state index is 12.9. The summed E-state index contributed by atoms with van der Waals surface area (Å²) in [7, 11) is 0. The van der Waals surface area contributed by atoms with E-state index in [1.165, 1.54) is 0 Å². The Morgan fingerprint density at radius 2 is 1.54 bits per heavy atom. The van der Waals surface area contributed by atoms with Crippen LogP contribution < -0.4 is 16.0 Å². The molecular weight excluding hydrogens is 354 g/mol. The molecule has 0 unspecified atom stereocenters. The van der Waals surface area contributed by atoms with Gasteiger partial charge in [0.25, 0.3) is 11.8 Å². The second-order valence-electron chi connectivity index (χ2n) is 7.34. The maximum absolute atomic E-state index is 12.9. The number of hydrogen-bond acceptors (Lipinski definition) is 3. The van der Waals surface area contributed by atoms with E-state index in [1.54, 1.807) is 48.5 Å². The third-order valence-electron chi connectivity index (χ3n) is 4.61. The molecule has 1 saturated carbocycles. The zero-order valence-corrected chi connectivity index (χ0v) is 16.1. The van der Waals surface area contributed by atoms with E-state index in [0.29, 0.717) is 16.8 Å². The van der Waals surface area contributed by atoms with Crippen molar-refractivity contribution in [3.63, 3.8) is 0 Å². The van der Waals surface area contributed by atoms with Crippen molar-refractivity contribution >= 4 is 23.4 Å². The quantitative estimate of drug-likeness (QED) is 0.691. The Hall–Kier alpha value is -3.15. The molecule has 0 aromatic heterocycles. The van der Waals surface area contributed by atoms with Crippen molar-refractivity contribution in [1.82, 2.24) is 10.6 Å². The highest BCUT2D eigenvalue weighted by Gasteiger charge is 2.27. The molecule has 0 bridgehead atoms. The van der Waals surface area contributed by atoms with E-state index >= 15 is 0 Å². The lowest BCUT2D eigenvalue weighted by Crippen LogP contribution is -2.47. The Labute approximate surface area is 164 Å². The molecule has 3 rings (SSSR count). The van der Waals surface area contributed by atoms with Crippen molar-refractivity contribution in [1.29, 1.82) is 0 Å². The van der Waals surface area contributed by atoms with Crippen molar-refractivity contribution in [2.24, 2.45) is 5.92 Å². The Balaban J connectivity index is 1.72. The molecule has 3 N–H and O–H groups in total. The van der Waals surface area contributed by atoms with Crippen LogP contribution in [-0.2, 0) is 4.79 Å². The van der Waals surface area contributed by atoms with Gasteiger partial charge in [0.1, 0.15) is 6.04 Å². The molecule has 1 fully saturated rings. The number of hydrogen-bond donors (Lipinski definition) is 3. The molecule has 146 valence electrons. The Morgan fingerprint density at radius 1 is 0.893 bits per heavy atom. The van der Waals surface area contributed by atoms with Crippen LogP contribution >= 0.6 is 0 Å². The highest BCUT2D eigenvalue weighted by atomic mass is 16.2. The molecule has 2 aromatic carbocycles. The van der Waals surface area contributed by atoms with Crippen LogP contribution in [0.5, 0.6) is 0 Å². The van der Waals surface area contributed by atoms with Gasteiger partial charge in [-0.05, 0) is 43.0 Å². The highest BCUT2D eigenvalue weighted by Crippen LogP contribution is 2.22. The van der Waals surface area contributed by atoms with Gasteiger partial charge >= 0.3 is 0 Å². The van der Waals surface area contributed by atoms with Crippen LogP contribution in [0, 0.1) is 5.92 Å². The van der Waals surface area contributed by atoms with Crippen LogP contribution in [0.3, 0.4) is 0 Å². The summed E-state index contributed by atoms with van der Waals surface area (Å²) in [4.78, 5) is 37.8. The van der Waals surface area contributed by atoms with E-state index in [-0.39, 0.29) is 29.7 Å². The topological polar surface area (TPSA) is 87.3 Å². The zero-order chi connectivity index (χ0) is 20.1. The maximum Gasteiger partial charge on any atom is 0.253 e. The Bertz CT molecular complexity index is 860. The predicted octanol–water partition coefficient (Wildman–Crippen LogP) is 2.97. The Morgan fingerprint density at radius 3 is 2.18 bits per heavy atom. The van der Waals surface area contributed by atoms with Gasteiger partial charge in [-0.3, -0.25) is 14.4 Å². The molecule has 1 aliphatic carbocycles. The number of nitrogens with one attached hydrogen (secondary N) is 3. The largest absolute Gasteiger partial charge is 0.349 e.